The van der Waals surface area contributed by atoms with E-state index in [-0.39, 0.29) is 0 Å². The van der Waals surface area contributed by atoms with Crippen molar-refractivity contribution < 1.29 is 0 Å². The maximum Gasteiger partial charge on any atom is -0.0184 e. The quantitative estimate of drug-likeness (QED) is 0.314. The summed E-state index contributed by atoms with van der Waals surface area (Å²) in [6.07, 6.45) is 22.7. The van der Waals surface area contributed by atoms with Gasteiger partial charge in [0.1, 0.15) is 0 Å². The first-order valence-corrected chi connectivity index (χ1v) is 14.9. The minimum atomic E-state index is 0.965. The van der Waals surface area contributed by atoms with Gasteiger partial charge in [0.25, 0.3) is 0 Å². The number of benzene rings is 2. The van der Waals surface area contributed by atoms with Crippen molar-refractivity contribution >= 4 is 0 Å². The predicted octanol–water partition coefficient (Wildman–Crippen LogP) is 10.4. The molecular weight excluding hydrogens is 408 g/mol. The first-order valence-electron chi connectivity index (χ1n) is 14.9. The largest absolute Gasteiger partial charge is 0.0654 e. The fourth-order valence-corrected chi connectivity index (χ4v) is 6.90. The van der Waals surface area contributed by atoms with E-state index in [1.165, 1.54) is 125 Å². The summed E-state index contributed by atoms with van der Waals surface area (Å²) in [5.41, 5.74) is 5.77. The van der Waals surface area contributed by atoms with Gasteiger partial charge < -0.3 is 0 Å². The normalized spacial score (nSPS) is 25.4. The number of aryl methyl sites for hydroxylation is 2. The standard InChI is InChI=1S/C34H50/c1-3-5-27-7-11-29(12-8-27)15-17-31-19-23-33(24-20-31)34-25-21-32(22-26-34)18-16-30-13-9-28(6-4-2)10-14-30/h19-30H,3-18H2,1-2H3. The molecular formula is C34H50. The number of hydrogen-bond acceptors (Lipinski definition) is 0. The molecule has 0 spiro atoms. The third-order valence-electron chi connectivity index (χ3n) is 9.25. The van der Waals surface area contributed by atoms with Crippen LogP contribution >= 0.6 is 0 Å². The molecule has 0 bridgehead atoms. The van der Waals surface area contributed by atoms with Crippen LogP contribution in [0.3, 0.4) is 0 Å². The van der Waals surface area contributed by atoms with Gasteiger partial charge in [-0.3, -0.25) is 0 Å². The molecule has 0 heterocycles. The summed E-state index contributed by atoms with van der Waals surface area (Å²) in [7, 11) is 0. The van der Waals surface area contributed by atoms with Crippen molar-refractivity contribution in [1.82, 2.24) is 0 Å². The first kappa shape index (κ1) is 25.5. The maximum absolute atomic E-state index is 2.38. The lowest BCUT2D eigenvalue weighted by molar-refractivity contribution is 0.252. The Hall–Kier alpha value is -1.56. The third kappa shape index (κ3) is 7.73. The van der Waals surface area contributed by atoms with Crippen molar-refractivity contribution in [1.29, 1.82) is 0 Å². The highest BCUT2D eigenvalue weighted by Gasteiger charge is 2.21. The molecule has 0 radical (unpaired) electrons. The molecule has 2 aromatic carbocycles. The summed E-state index contributed by atoms with van der Waals surface area (Å²) < 4.78 is 0. The van der Waals surface area contributed by atoms with Gasteiger partial charge in [0, 0.05) is 0 Å². The van der Waals surface area contributed by atoms with Gasteiger partial charge in [0.2, 0.25) is 0 Å². The fraction of sp³-hybridized carbons (Fsp3) is 0.647. The monoisotopic (exact) mass is 458 g/mol. The van der Waals surface area contributed by atoms with Crippen LogP contribution in [0.1, 0.15) is 115 Å². The van der Waals surface area contributed by atoms with Gasteiger partial charge in [-0.25, -0.2) is 0 Å². The van der Waals surface area contributed by atoms with Gasteiger partial charge in [-0.1, -0.05) is 139 Å². The van der Waals surface area contributed by atoms with Gasteiger partial charge in [-0.05, 0) is 71.6 Å². The van der Waals surface area contributed by atoms with Crippen molar-refractivity contribution in [2.45, 2.75) is 117 Å². The van der Waals surface area contributed by atoms with Crippen molar-refractivity contribution in [2.24, 2.45) is 23.7 Å². The van der Waals surface area contributed by atoms with Crippen LogP contribution in [0.15, 0.2) is 48.5 Å². The summed E-state index contributed by atoms with van der Waals surface area (Å²) in [5.74, 6) is 3.98. The van der Waals surface area contributed by atoms with E-state index >= 15 is 0 Å². The maximum atomic E-state index is 2.38. The van der Waals surface area contributed by atoms with Gasteiger partial charge >= 0.3 is 0 Å². The van der Waals surface area contributed by atoms with Gasteiger partial charge in [-0.2, -0.15) is 0 Å². The van der Waals surface area contributed by atoms with Crippen LogP contribution in [0.4, 0.5) is 0 Å². The molecule has 2 saturated carbocycles. The summed E-state index contributed by atoms with van der Waals surface area (Å²) >= 11 is 0. The molecule has 0 unspecified atom stereocenters. The minimum Gasteiger partial charge on any atom is -0.0654 e. The van der Waals surface area contributed by atoms with E-state index in [0.717, 1.165) is 23.7 Å². The predicted molar refractivity (Wildman–Crippen MR) is 149 cm³/mol. The highest BCUT2D eigenvalue weighted by molar-refractivity contribution is 5.64. The molecule has 2 fully saturated rings. The van der Waals surface area contributed by atoms with E-state index in [2.05, 4.69) is 62.4 Å². The zero-order valence-electron chi connectivity index (χ0n) is 22.2. The second-order valence-corrected chi connectivity index (χ2v) is 11.8. The van der Waals surface area contributed by atoms with Crippen molar-refractivity contribution in [3.8, 4) is 11.1 Å². The molecule has 4 rings (SSSR count). The van der Waals surface area contributed by atoms with E-state index < -0.39 is 0 Å². The molecule has 2 aliphatic carbocycles. The Kier molecular flexibility index (Phi) is 10.1. The lowest BCUT2D eigenvalue weighted by Crippen LogP contribution is -2.15. The minimum absolute atomic E-state index is 0.965. The van der Waals surface area contributed by atoms with Crippen LogP contribution in [0.2, 0.25) is 0 Å². The Balaban J connectivity index is 1.19. The van der Waals surface area contributed by atoms with Crippen LogP contribution < -0.4 is 0 Å². The third-order valence-corrected chi connectivity index (χ3v) is 9.25. The second kappa shape index (κ2) is 13.5. The SMILES string of the molecule is CCCC1CCC(CCc2ccc(-c3ccc(CCC4CCC(CCC)CC4)cc3)cc2)CC1. The van der Waals surface area contributed by atoms with Crippen molar-refractivity contribution in [3.63, 3.8) is 0 Å². The van der Waals surface area contributed by atoms with E-state index in [0.29, 0.717) is 0 Å². The fourth-order valence-electron chi connectivity index (χ4n) is 6.90. The zero-order chi connectivity index (χ0) is 23.6. The summed E-state index contributed by atoms with van der Waals surface area (Å²) in [6, 6.07) is 18.9. The molecule has 2 aromatic rings. The van der Waals surface area contributed by atoms with Gasteiger partial charge in [0.05, 0.1) is 0 Å². The Morgan fingerprint density at radius 2 is 0.735 bits per heavy atom. The van der Waals surface area contributed by atoms with Crippen LogP contribution in [0.25, 0.3) is 11.1 Å². The Bertz CT molecular complexity index is 727. The molecule has 0 aliphatic heterocycles. The molecule has 0 N–H and O–H groups in total. The molecule has 2 aliphatic rings. The summed E-state index contributed by atoms with van der Waals surface area (Å²) in [6.45, 7) is 4.68. The average Bonchev–Trinajstić information content (AvgIpc) is 2.89. The molecule has 34 heavy (non-hydrogen) atoms. The van der Waals surface area contributed by atoms with Crippen LogP contribution in [-0.4, -0.2) is 0 Å². The van der Waals surface area contributed by atoms with E-state index in [1.807, 2.05) is 0 Å². The Labute approximate surface area is 211 Å². The molecule has 0 heteroatoms. The van der Waals surface area contributed by atoms with Crippen LogP contribution in [0, 0.1) is 23.7 Å². The Morgan fingerprint density at radius 1 is 0.441 bits per heavy atom. The number of rotatable bonds is 11. The molecule has 0 aromatic heterocycles. The number of hydrogen-bond donors (Lipinski definition) is 0. The Morgan fingerprint density at radius 3 is 1.03 bits per heavy atom. The zero-order valence-corrected chi connectivity index (χ0v) is 22.2. The van der Waals surface area contributed by atoms with Crippen molar-refractivity contribution in [3.05, 3.63) is 59.7 Å². The van der Waals surface area contributed by atoms with Gasteiger partial charge in [0.15, 0.2) is 0 Å². The van der Waals surface area contributed by atoms with Crippen LogP contribution in [-0.2, 0) is 12.8 Å². The van der Waals surface area contributed by atoms with Crippen molar-refractivity contribution in [2.75, 3.05) is 0 Å². The topological polar surface area (TPSA) is 0 Å². The molecule has 0 atom stereocenters. The highest BCUT2D eigenvalue weighted by Crippen LogP contribution is 2.35. The van der Waals surface area contributed by atoms with E-state index in [9.17, 15) is 0 Å². The smallest absolute Gasteiger partial charge is 0.0184 e. The molecule has 0 amide bonds. The van der Waals surface area contributed by atoms with E-state index in [4.69, 9.17) is 0 Å². The average molecular weight is 459 g/mol. The van der Waals surface area contributed by atoms with Gasteiger partial charge in [-0.15, -0.1) is 0 Å². The second-order valence-electron chi connectivity index (χ2n) is 11.8. The highest BCUT2D eigenvalue weighted by atomic mass is 14.3. The first-order chi connectivity index (χ1) is 16.7. The summed E-state index contributed by atoms with van der Waals surface area (Å²) in [5, 5.41) is 0. The van der Waals surface area contributed by atoms with Crippen LogP contribution in [0.5, 0.6) is 0 Å². The molecule has 0 nitrogen and oxygen atoms in total. The lowest BCUT2D eigenvalue weighted by atomic mass is 9.78. The molecule has 0 saturated heterocycles. The lowest BCUT2D eigenvalue weighted by Gasteiger charge is -2.28. The summed E-state index contributed by atoms with van der Waals surface area (Å²) in [4.78, 5) is 0. The van der Waals surface area contributed by atoms with E-state index in [1.54, 1.807) is 0 Å². The molecule has 186 valence electrons.